The quantitative estimate of drug-likeness (QED) is 0.681. The molecule has 2 atom stereocenters. The van der Waals surface area contributed by atoms with Gasteiger partial charge in [-0.3, -0.25) is 0 Å². The van der Waals surface area contributed by atoms with Gasteiger partial charge in [0.25, 0.3) is 0 Å². The van der Waals surface area contributed by atoms with Crippen LogP contribution in [0.1, 0.15) is 10.4 Å². The van der Waals surface area contributed by atoms with Crippen molar-refractivity contribution in [2.75, 3.05) is 13.2 Å². The number of aliphatic hydroxyl groups excluding tert-OH is 2. The van der Waals surface area contributed by atoms with Crippen LogP contribution in [0.4, 0.5) is 0 Å². The predicted molar refractivity (Wildman–Crippen MR) is 56.4 cm³/mol. The van der Waals surface area contributed by atoms with E-state index < -0.39 is 18.2 Å². The highest BCUT2D eigenvalue weighted by molar-refractivity contribution is 5.92. The zero-order valence-corrected chi connectivity index (χ0v) is 8.87. The van der Waals surface area contributed by atoms with E-state index in [1.807, 2.05) is 0 Å². The van der Waals surface area contributed by atoms with Crippen molar-refractivity contribution >= 4 is 5.97 Å². The van der Waals surface area contributed by atoms with Gasteiger partial charge in [-0.2, -0.15) is 0 Å². The molecule has 0 aromatic heterocycles. The molecular weight excluding hydrogens is 228 g/mol. The van der Waals surface area contributed by atoms with E-state index in [0.717, 1.165) is 0 Å². The van der Waals surface area contributed by atoms with E-state index in [1.165, 1.54) is 12.1 Å². The van der Waals surface area contributed by atoms with Gasteiger partial charge in [-0.25, -0.2) is 4.79 Å². The topological polar surface area (TPSA) is 96.2 Å². The molecule has 0 aliphatic carbocycles. The first-order valence-electron chi connectivity index (χ1n) is 5.08. The third-order valence-electron chi connectivity index (χ3n) is 2.53. The zero-order valence-electron chi connectivity index (χ0n) is 8.87. The van der Waals surface area contributed by atoms with Crippen LogP contribution in [0, 0.1) is 0 Å². The van der Waals surface area contributed by atoms with E-state index in [-0.39, 0.29) is 30.3 Å². The monoisotopic (exact) mass is 240 g/mol. The third-order valence-corrected chi connectivity index (χ3v) is 2.53. The molecule has 0 radical (unpaired) electrons. The first-order valence-corrected chi connectivity index (χ1v) is 5.08. The Morgan fingerprint density at radius 3 is 2.41 bits per heavy atom. The highest BCUT2D eigenvalue weighted by Crippen LogP contribution is 2.37. The van der Waals surface area contributed by atoms with Gasteiger partial charge in [0.15, 0.2) is 23.7 Å². The molecule has 0 spiro atoms. The van der Waals surface area contributed by atoms with E-state index in [4.69, 9.17) is 24.8 Å². The summed E-state index contributed by atoms with van der Waals surface area (Å²) in [5.74, 6) is -0.790. The van der Waals surface area contributed by atoms with Crippen molar-refractivity contribution in [3.05, 3.63) is 23.8 Å². The fraction of sp³-hybridized carbons (Fsp3) is 0.364. The Bertz CT molecular complexity index is 430. The SMILES string of the molecule is O=C(O)c1cccc2c1OC(CO)C(CO)O2. The van der Waals surface area contributed by atoms with E-state index in [9.17, 15) is 4.79 Å². The van der Waals surface area contributed by atoms with Gasteiger partial charge in [0, 0.05) is 0 Å². The number of carbonyl (C=O) groups is 1. The first kappa shape index (κ1) is 11.7. The van der Waals surface area contributed by atoms with E-state index >= 15 is 0 Å². The van der Waals surface area contributed by atoms with Crippen LogP contribution in [0.3, 0.4) is 0 Å². The van der Waals surface area contributed by atoms with Gasteiger partial charge >= 0.3 is 5.97 Å². The number of ether oxygens (including phenoxy) is 2. The summed E-state index contributed by atoms with van der Waals surface area (Å²) >= 11 is 0. The lowest BCUT2D eigenvalue weighted by molar-refractivity contribution is -0.0356. The van der Waals surface area contributed by atoms with Crippen LogP contribution >= 0.6 is 0 Å². The molecule has 1 heterocycles. The number of hydrogen-bond donors (Lipinski definition) is 3. The molecular formula is C11H12O6. The van der Waals surface area contributed by atoms with Crippen LogP contribution in [0.5, 0.6) is 11.5 Å². The molecule has 0 saturated heterocycles. The zero-order chi connectivity index (χ0) is 12.4. The fourth-order valence-corrected chi connectivity index (χ4v) is 1.67. The Kier molecular flexibility index (Phi) is 3.16. The Hall–Kier alpha value is -1.79. The van der Waals surface area contributed by atoms with Crippen molar-refractivity contribution < 1.29 is 29.6 Å². The maximum Gasteiger partial charge on any atom is 0.339 e. The smallest absolute Gasteiger partial charge is 0.339 e. The molecule has 1 aromatic carbocycles. The molecule has 0 amide bonds. The normalized spacial score (nSPS) is 22.2. The Labute approximate surface area is 97.0 Å². The third kappa shape index (κ3) is 2.04. The number of aromatic carboxylic acids is 1. The Morgan fingerprint density at radius 1 is 1.18 bits per heavy atom. The van der Waals surface area contributed by atoms with Crippen LogP contribution in [-0.2, 0) is 0 Å². The summed E-state index contributed by atoms with van der Waals surface area (Å²) < 4.78 is 10.7. The van der Waals surface area contributed by atoms with Gasteiger partial charge in [0.1, 0.15) is 5.56 Å². The summed E-state index contributed by atoms with van der Waals surface area (Å²) in [5.41, 5.74) is -0.0302. The lowest BCUT2D eigenvalue weighted by atomic mass is 10.1. The summed E-state index contributed by atoms with van der Waals surface area (Å²) in [6.45, 7) is -0.680. The highest BCUT2D eigenvalue weighted by atomic mass is 16.6. The summed E-state index contributed by atoms with van der Waals surface area (Å²) in [6.07, 6.45) is -1.47. The molecule has 2 unspecified atom stereocenters. The molecule has 1 aromatic rings. The minimum absolute atomic E-state index is 0.0302. The summed E-state index contributed by atoms with van der Waals surface area (Å²) in [6, 6.07) is 4.47. The van der Waals surface area contributed by atoms with Crippen LogP contribution < -0.4 is 9.47 Å². The molecule has 0 bridgehead atoms. The van der Waals surface area contributed by atoms with Crippen LogP contribution in [0.2, 0.25) is 0 Å². The molecule has 0 fully saturated rings. The van der Waals surface area contributed by atoms with Gasteiger partial charge in [-0.15, -0.1) is 0 Å². The lowest BCUT2D eigenvalue weighted by Gasteiger charge is -2.32. The van der Waals surface area contributed by atoms with Crippen LogP contribution in [0.25, 0.3) is 0 Å². The number of hydrogen-bond acceptors (Lipinski definition) is 5. The molecule has 0 saturated carbocycles. The second-order valence-corrected chi connectivity index (χ2v) is 3.62. The van der Waals surface area contributed by atoms with Crippen LogP contribution in [0.15, 0.2) is 18.2 Å². The number of carboxylic acids is 1. The minimum atomic E-state index is -1.13. The second-order valence-electron chi connectivity index (χ2n) is 3.62. The van der Waals surface area contributed by atoms with E-state index in [0.29, 0.717) is 0 Å². The van der Waals surface area contributed by atoms with Gasteiger partial charge in [0.2, 0.25) is 0 Å². The number of fused-ring (bicyclic) bond motifs is 1. The highest BCUT2D eigenvalue weighted by Gasteiger charge is 2.33. The standard InChI is InChI=1S/C11H12O6/c12-4-8-9(5-13)17-10-6(11(14)15)2-1-3-7(10)16-8/h1-3,8-9,12-13H,4-5H2,(H,14,15). The van der Waals surface area contributed by atoms with Gasteiger partial charge in [0.05, 0.1) is 13.2 Å². The van der Waals surface area contributed by atoms with Gasteiger partial charge in [-0.05, 0) is 12.1 Å². The molecule has 6 nitrogen and oxygen atoms in total. The molecule has 1 aliphatic heterocycles. The van der Waals surface area contributed by atoms with Crippen molar-refractivity contribution in [1.82, 2.24) is 0 Å². The molecule has 6 heteroatoms. The second kappa shape index (κ2) is 4.60. The van der Waals surface area contributed by atoms with Crippen molar-refractivity contribution in [3.63, 3.8) is 0 Å². The van der Waals surface area contributed by atoms with Crippen molar-refractivity contribution in [3.8, 4) is 11.5 Å². The van der Waals surface area contributed by atoms with Crippen molar-refractivity contribution in [1.29, 1.82) is 0 Å². The summed E-state index contributed by atoms with van der Waals surface area (Å²) in [4.78, 5) is 11.0. The van der Waals surface area contributed by atoms with Crippen molar-refractivity contribution in [2.45, 2.75) is 12.2 Å². The van der Waals surface area contributed by atoms with Gasteiger partial charge in [-0.1, -0.05) is 6.07 Å². The fourth-order valence-electron chi connectivity index (χ4n) is 1.67. The van der Waals surface area contributed by atoms with E-state index in [2.05, 4.69) is 0 Å². The maximum atomic E-state index is 11.0. The molecule has 2 rings (SSSR count). The van der Waals surface area contributed by atoms with Crippen LogP contribution in [-0.4, -0.2) is 46.7 Å². The van der Waals surface area contributed by atoms with Crippen molar-refractivity contribution in [2.24, 2.45) is 0 Å². The number of para-hydroxylation sites is 1. The molecule has 1 aliphatic rings. The Morgan fingerprint density at radius 2 is 1.82 bits per heavy atom. The summed E-state index contributed by atoms with van der Waals surface area (Å²) in [5, 5.41) is 27.1. The average Bonchev–Trinajstić information content (AvgIpc) is 2.35. The predicted octanol–water partition coefficient (Wildman–Crippen LogP) is -0.122. The lowest BCUT2D eigenvalue weighted by Crippen LogP contribution is -2.44. The maximum absolute atomic E-state index is 11.0. The number of rotatable bonds is 3. The molecule has 92 valence electrons. The number of benzene rings is 1. The average molecular weight is 240 g/mol. The van der Waals surface area contributed by atoms with Gasteiger partial charge < -0.3 is 24.8 Å². The number of carboxylic acid groups (broad SMARTS) is 1. The Balaban J connectivity index is 2.41. The first-order chi connectivity index (χ1) is 8.17. The molecule has 17 heavy (non-hydrogen) atoms. The van der Waals surface area contributed by atoms with E-state index in [1.54, 1.807) is 6.07 Å². The largest absolute Gasteiger partial charge is 0.480 e. The minimum Gasteiger partial charge on any atom is -0.480 e. The summed E-state index contributed by atoms with van der Waals surface area (Å²) in [7, 11) is 0. The molecule has 3 N–H and O–H groups in total. The number of aliphatic hydroxyl groups is 2.